The molecule has 0 aromatic heterocycles. The standard InChI is InChI=1S/C17H34O/c1-3-4-5-6-7-8-9-10-11-12-13-14-15-16-17(2)18/h15-18H,3-14H2,1-2H3/t17-/m0/s1. The van der Waals surface area contributed by atoms with Gasteiger partial charge in [0.1, 0.15) is 0 Å². The van der Waals surface area contributed by atoms with Crippen LogP contribution in [0, 0.1) is 0 Å². The van der Waals surface area contributed by atoms with Crippen LogP contribution in [-0.4, -0.2) is 11.2 Å². The highest BCUT2D eigenvalue weighted by Gasteiger charge is 1.92. The van der Waals surface area contributed by atoms with Crippen LogP contribution in [0.1, 0.15) is 90.9 Å². The van der Waals surface area contributed by atoms with Gasteiger partial charge in [-0.25, -0.2) is 0 Å². The van der Waals surface area contributed by atoms with Crippen molar-refractivity contribution in [1.82, 2.24) is 0 Å². The predicted octanol–water partition coefficient (Wildman–Crippen LogP) is 5.62. The Bertz CT molecular complexity index is 172. The Balaban J connectivity index is 2.99. The number of aliphatic hydroxyl groups is 1. The molecular weight excluding hydrogens is 220 g/mol. The van der Waals surface area contributed by atoms with E-state index in [0.29, 0.717) is 0 Å². The normalized spacial score (nSPS) is 13.3. The quantitative estimate of drug-likeness (QED) is 0.334. The highest BCUT2D eigenvalue weighted by molar-refractivity contribution is 4.85. The maximum atomic E-state index is 9.04. The van der Waals surface area contributed by atoms with Crippen LogP contribution in [-0.2, 0) is 0 Å². The largest absolute Gasteiger partial charge is 0.389 e. The molecule has 1 atom stereocenters. The molecule has 1 heteroatoms. The molecule has 0 aromatic carbocycles. The minimum Gasteiger partial charge on any atom is -0.389 e. The second-order valence-electron chi connectivity index (χ2n) is 5.49. The molecule has 0 spiro atoms. The zero-order valence-corrected chi connectivity index (χ0v) is 12.7. The minimum atomic E-state index is -0.280. The molecule has 0 fully saturated rings. The average Bonchev–Trinajstić information content (AvgIpc) is 2.34. The summed E-state index contributed by atoms with van der Waals surface area (Å²) in [6.45, 7) is 4.08. The summed E-state index contributed by atoms with van der Waals surface area (Å²) in [6.07, 6.45) is 20.2. The lowest BCUT2D eigenvalue weighted by Gasteiger charge is -2.01. The third-order valence-corrected chi connectivity index (χ3v) is 3.39. The number of unbranched alkanes of at least 4 members (excludes halogenated alkanes) is 11. The van der Waals surface area contributed by atoms with Gasteiger partial charge in [0.15, 0.2) is 0 Å². The molecule has 0 bridgehead atoms. The van der Waals surface area contributed by atoms with Crippen molar-refractivity contribution in [3.05, 3.63) is 12.2 Å². The van der Waals surface area contributed by atoms with Gasteiger partial charge in [0.05, 0.1) is 6.10 Å². The molecule has 0 unspecified atom stereocenters. The predicted molar refractivity (Wildman–Crippen MR) is 81.9 cm³/mol. The summed E-state index contributed by atoms with van der Waals surface area (Å²) in [4.78, 5) is 0. The lowest BCUT2D eigenvalue weighted by molar-refractivity contribution is 0.244. The second-order valence-corrected chi connectivity index (χ2v) is 5.49. The number of hydrogen-bond donors (Lipinski definition) is 1. The van der Waals surface area contributed by atoms with Gasteiger partial charge in [-0.05, 0) is 19.8 Å². The fraction of sp³-hybridized carbons (Fsp3) is 0.882. The van der Waals surface area contributed by atoms with E-state index in [1.807, 2.05) is 6.08 Å². The van der Waals surface area contributed by atoms with E-state index in [2.05, 4.69) is 13.0 Å². The van der Waals surface area contributed by atoms with Crippen molar-refractivity contribution >= 4 is 0 Å². The van der Waals surface area contributed by atoms with Crippen molar-refractivity contribution in [3.8, 4) is 0 Å². The van der Waals surface area contributed by atoms with Gasteiger partial charge in [0.2, 0.25) is 0 Å². The van der Waals surface area contributed by atoms with E-state index in [0.717, 1.165) is 6.42 Å². The van der Waals surface area contributed by atoms with Crippen molar-refractivity contribution in [2.24, 2.45) is 0 Å². The first kappa shape index (κ1) is 17.7. The van der Waals surface area contributed by atoms with Crippen LogP contribution in [0.15, 0.2) is 12.2 Å². The smallest absolute Gasteiger partial charge is 0.0692 e. The van der Waals surface area contributed by atoms with Crippen molar-refractivity contribution in [3.63, 3.8) is 0 Å². The summed E-state index contributed by atoms with van der Waals surface area (Å²) >= 11 is 0. The first-order chi connectivity index (χ1) is 8.77. The van der Waals surface area contributed by atoms with Crippen molar-refractivity contribution in [2.45, 2.75) is 97.0 Å². The molecule has 0 aliphatic carbocycles. The molecule has 0 aromatic rings. The van der Waals surface area contributed by atoms with E-state index in [1.54, 1.807) is 6.92 Å². The first-order valence-electron chi connectivity index (χ1n) is 8.12. The first-order valence-corrected chi connectivity index (χ1v) is 8.12. The molecular formula is C17H34O. The maximum absolute atomic E-state index is 9.04. The second kappa shape index (κ2) is 14.8. The maximum Gasteiger partial charge on any atom is 0.0692 e. The van der Waals surface area contributed by atoms with Crippen LogP contribution in [0.4, 0.5) is 0 Å². The molecule has 0 amide bonds. The highest BCUT2D eigenvalue weighted by Crippen LogP contribution is 2.11. The number of aliphatic hydroxyl groups excluding tert-OH is 1. The number of hydrogen-bond acceptors (Lipinski definition) is 1. The monoisotopic (exact) mass is 254 g/mol. The van der Waals surface area contributed by atoms with Crippen molar-refractivity contribution in [2.75, 3.05) is 0 Å². The summed E-state index contributed by atoms with van der Waals surface area (Å²) in [7, 11) is 0. The van der Waals surface area contributed by atoms with Crippen LogP contribution in [0.2, 0.25) is 0 Å². The third-order valence-electron chi connectivity index (χ3n) is 3.39. The van der Waals surface area contributed by atoms with Gasteiger partial charge in [-0.1, -0.05) is 83.3 Å². The van der Waals surface area contributed by atoms with E-state index in [4.69, 9.17) is 5.11 Å². The fourth-order valence-electron chi connectivity index (χ4n) is 2.22. The zero-order chi connectivity index (χ0) is 13.5. The van der Waals surface area contributed by atoms with Crippen LogP contribution < -0.4 is 0 Å². The van der Waals surface area contributed by atoms with E-state index >= 15 is 0 Å². The van der Waals surface area contributed by atoms with E-state index in [-0.39, 0.29) is 6.10 Å². The molecule has 108 valence electrons. The van der Waals surface area contributed by atoms with Crippen LogP contribution in [0.25, 0.3) is 0 Å². The van der Waals surface area contributed by atoms with Gasteiger partial charge in [-0.2, -0.15) is 0 Å². The molecule has 1 nitrogen and oxygen atoms in total. The minimum absolute atomic E-state index is 0.280. The Hall–Kier alpha value is -0.300. The Labute approximate surface area is 115 Å². The molecule has 1 N–H and O–H groups in total. The lowest BCUT2D eigenvalue weighted by Crippen LogP contribution is -1.91. The topological polar surface area (TPSA) is 20.2 Å². The molecule has 0 heterocycles. The van der Waals surface area contributed by atoms with Gasteiger partial charge in [0.25, 0.3) is 0 Å². The molecule has 0 saturated carbocycles. The molecule has 18 heavy (non-hydrogen) atoms. The summed E-state index contributed by atoms with van der Waals surface area (Å²) in [5, 5.41) is 9.04. The number of rotatable bonds is 13. The Morgan fingerprint density at radius 2 is 1.22 bits per heavy atom. The fourth-order valence-corrected chi connectivity index (χ4v) is 2.22. The number of allylic oxidation sites excluding steroid dienone is 1. The van der Waals surface area contributed by atoms with Crippen LogP contribution in [0.3, 0.4) is 0 Å². The molecule has 0 rings (SSSR count). The Kier molecular flexibility index (Phi) is 14.5. The van der Waals surface area contributed by atoms with Crippen LogP contribution >= 0.6 is 0 Å². The zero-order valence-electron chi connectivity index (χ0n) is 12.7. The molecule has 0 saturated heterocycles. The van der Waals surface area contributed by atoms with Gasteiger partial charge < -0.3 is 5.11 Å². The van der Waals surface area contributed by atoms with E-state index < -0.39 is 0 Å². The van der Waals surface area contributed by atoms with Gasteiger partial charge in [-0.15, -0.1) is 0 Å². The van der Waals surface area contributed by atoms with Crippen LogP contribution in [0.5, 0.6) is 0 Å². The summed E-state index contributed by atoms with van der Waals surface area (Å²) < 4.78 is 0. The van der Waals surface area contributed by atoms with Crippen molar-refractivity contribution < 1.29 is 5.11 Å². The van der Waals surface area contributed by atoms with Gasteiger partial charge in [-0.3, -0.25) is 0 Å². The van der Waals surface area contributed by atoms with E-state index in [9.17, 15) is 0 Å². The molecule has 0 aliphatic rings. The average molecular weight is 254 g/mol. The lowest BCUT2D eigenvalue weighted by atomic mass is 10.1. The third kappa shape index (κ3) is 15.7. The Morgan fingerprint density at radius 1 is 0.778 bits per heavy atom. The summed E-state index contributed by atoms with van der Waals surface area (Å²) in [5.41, 5.74) is 0. The van der Waals surface area contributed by atoms with Gasteiger partial charge in [0, 0.05) is 0 Å². The van der Waals surface area contributed by atoms with E-state index in [1.165, 1.54) is 70.6 Å². The SMILES string of the molecule is CCCCCCCCCCCCCC=C[C@H](C)O. The Morgan fingerprint density at radius 3 is 1.67 bits per heavy atom. The van der Waals surface area contributed by atoms with Gasteiger partial charge >= 0.3 is 0 Å². The summed E-state index contributed by atoms with van der Waals surface area (Å²) in [6, 6.07) is 0. The molecule has 0 radical (unpaired) electrons. The summed E-state index contributed by atoms with van der Waals surface area (Å²) in [5.74, 6) is 0. The highest BCUT2D eigenvalue weighted by atomic mass is 16.3. The van der Waals surface area contributed by atoms with Crippen molar-refractivity contribution in [1.29, 1.82) is 0 Å². The molecule has 0 aliphatic heterocycles.